The van der Waals surface area contributed by atoms with Gasteiger partial charge in [0.2, 0.25) is 0 Å². The number of ether oxygens (including phenoxy) is 1. The molecule has 0 atom stereocenters. The van der Waals surface area contributed by atoms with Gasteiger partial charge in [0.15, 0.2) is 5.69 Å². The predicted molar refractivity (Wildman–Crippen MR) is 74.8 cm³/mol. The van der Waals surface area contributed by atoms with Gasteiger partial charge in [-0.3, -0.25) is 4.79 Å². The first kappa shape index (κ1) is 15.1. The van der Waals surface area contributed by atoms with Gasteiger partial charge in [0.05, 0.1) is 11.9 Å². The molecule has 112 valence electrons. The Labute approximate surface area is 121 Å². The summed E-state index contributed by atoms with van der Waals surface area (Å²) in [7, 11) is 0. The largest absolute Gasteiger partial charge is 0.382 e. The highest BCUT2D eigenvalue weighted by molar-refractivity contribution is 5.91. The number of hydrogen-bond donors (Lipinski definition) is 1. The maximum atomic E-state index is 13.1. The molecule has 1 heterocycles. The molecule has 0 spiro atoms. The molecule has 7 heteroatoms. The smallest absolute Gasteiger partial charge is 0.273 e. The Balaban J connectivity index is 1.92. The zero-order valence-corrected chi connectivity index (χ0v) is 11.8. The summed E-state index contributed by atoms with van der Waals surface area (Å²) in [6, 6.07) is 5.91. The van der Waals surface area contributed by atoms with Crippen molar-refractivity contribution in [1.82, 2.24) is 20.3 Å². The number of carbonyl (C=O) groups excluding carboxylic acids is 1. The van der Waals surface area contributed by atoms with Crippen LogP contribution in [0.4, 0.5) is 4.39 Å². The SMILES string of the molecule is CCOCCCNC(=O)c1cn(-c2cccc(F)c2)nn1. The zero-order valence-electron chi connectivity index (χ0n) is 11.8. The summed E-state index contributed by atoms with van der Waals surface area (Å²) >= 11 is 0. The molecule has 0 bridgehead atoms. The summed E-state index contributed by atoms with van der Waals surface area (Å²) in [6.07, 6.45) is 2.20. The molecule has 0 radical (unpaired) electrons. The molecule has 2 rings (SSSR count). The monoisotopic (exact) mass is 292 g/mol. The number of nitrogens with one attached hydrogen (secondary N) is 1. The number of benzene rings is 1. The van der Waals surface area contributed by atoms with Crippen molar-refractivity contribution in [1.29, 1.82) is 0 Å². The molecule has 2 aromatic rings. The van der Waals surface area contributed by atoms with Crippen molar-refractivity contribution in [3.8, 4) is 5.69 Å². The lowest BCUT2D eigenvalue weighted by atomic mass is 10.3. The molecule has 1 amide bonds. The molecule has 21 heavy (non-hydrogen) atoms. The first-order valence-corrected chi connectivity index (χ1v) is 6.75. The Morgan fingerprint density at radius 1 is 1.48 bits per heavy atom. The maximum Gasteiger partial charge on any atom is 0.273 e. The number of hydrogen-bond acceptors (Lipinski definition) is 4. The molecule has 1 aromatic heterocycles. The normalized spacial score (nSPS) is 10.6. The van der Waals surface area contributed by atoms with E-state index in [1.54, 1.807) is 12.1 Å². The fourth-order valence-corrected chi connectivity index (χ4v) is 1.72. The Morgan fingerprint density at radius 3 is 3.10 bits per heavy atom. The molecule has 0 saturated carbocycles. The van der Waals surface area contributed by atoms with Crippen molar-refractivity contribution in [3.05, 3.63) is 42.0 Å². The van der Waals surface area contributed by atoms with Gasteiger partial charge >= 0.3 is 0 Å². The zero-order chi connectivity index (χ0) is 15.1. The van der Waals surface area contributed by atoms with Crippen molar-refractivity contribution in [2.24, 2.45) is 0 Å². The first-order valence-electron chi connectivity index (χ1n) is 6.75. The summed E-state index contributed by atoms with van der Waals surface area (Å²) in [5.74, 6) is -0.681. The fraction of sp³-hybridized carbons (Fsp3) is 0.357. The Bertz CT molecular complexity index is 600. The highest BCUT2D eigenvalue weighted by Gasteiger charge is 2.11. The topological polar surface area (TPSA) is 69.0 Å². The lowest BCUT2D eigenvalue weighted by Crippen LogP contribution is -2.25. The molecule has 1 aromatic carbocycles. The van der Waals surface area contributed by atoms with Crippen LogP contribution in [0.2, 0.25) is 0 Å². The second kappa shape index (κ2) is 7.49. The van der Waals surface area contributed by atoms with Crippen molar-refractivity contribution in [2.75, 3.05) is 19.8 Å². The van der Waals surface area contributed by atoms with Crippen LogP contribution in [0.3, 0.4) is 0 Å². The van der Waals surface area contributed by atoms with E-state index in [9.17, 15) is 9.18 Å². The van der Waals surface area contributed by atoms with Gasteiger partial charge in [-0.2, -0.15) is 0 Å². The number of carbonyl (C=O) groups is 1. The van der Waals surface area contributed by atoms with Crippen LogP contribution in [0.25, 0.3) is 5.69 Å². The van der Waals surface area contributed by atoms with Crippen molar-refractivity contribution in [2.45, 2.75) is 13.3 Å². The van der Waals surface area contributed by atoms with E-state index >= 15 is 0 Å². The number of rotatable bonds is 7. The summed E-state index contributed by atoms with van der Waals surface area (Å²) < 4.78 is 19.7. The van der Waals surface area contributed by atoms with Crippen molar-refractivity contribution < 1.29 is 13.9 Å². The van der Waals surface area contributed by atoms with Gasteiger partial charge in [-0.05, 0) is 31.5 Å². The Kier molecular flexibility index (Phi) is 5.39. The number of amides is 1. The van der Waals surface area contributed by atoms with E-state index in [1.807, 2.05) is 6.92 Å². The fourth-order valence-electron chi connectivity index (χ4n) is 1.72. The molecule has 0 unspecified atom stereocenters. The lowest BCUT2D eigenvalue weighted by molar-refractivity contribution is 0.0939. The van der Waals surface area contributed by atoms with Gasteiger partial charge in [-0.25, -0.2) is 9.07 Å². The van der Waals surface area contributed by atoms with Crippen LogP contribution in [0.1, 0.15) is 23.8 Å². The van der Waals surface area contributed by atoms with Crippen LogP contribution in [-0.4, -0.2) is 40.7 Å². The van der Waals surface area contributed by atoms with Crippen LogP contribution in [0.15, 0.2) is 30.5 Å². The van der Waals surface area contributed by atoms with E-state index < -0.39 is 0 Å². The maximum absolute atomic E-state index is 13.1. The highest BCUT2D eigenvalue weighted by atomic mass is 19.1. The molecule has 0 fully saturated rings. The molecule has 0 aliphatic heterocycles. The molecular formula is C14H17FN4O2. The number of nitrogens with zero attached hydrogens (tertiary/aromatic N) is 3. The molecule has 0 saturated heterocycles. The van der Waals surface area contributed by atoms with E-state index in [4.69, 9.17) is 4.74 Å². The summed E-state index contributed by atoms with van der Waals surface area (Å²) in [5, 5.41) is 10.3. The third kappa shape index (κ3) is 4.35. The average Bonchev–Trinajstić information content (AvgIpc) is 2.97. The minimum Gasteiger partial charge on any atom is -0.382 e. The minimum absolute atomic E-state index is 0.190. The van der Waals surface area contributed by atoms with E-state index in [1.165, 1.54) is 23.0 Å². The molecule has 0 aliphatic carbocycles. The Morgan fingerprint density at radius 2 is 2.33 bits per heavy atom. The van der Waals surface area contributed by atoms with Gasteiger partial charge in [-0.1, -0.05) is 11.3 Å². The standard InChI is InChI=1S/C14H17FN4O2/c1-2-21-8-4-7-16-14(20)13-10-19(18-17-13)12-6-3-5-11(15)9-12/h3,5-6,9-10H,2,4,7-8H2,1H3,(H,16,20). The van der Waals surface area contributed by atoms with E-state index in [2.05, 4.69) is 15.6 Å². The van der Waals surface area contributed by atoms with Crippen LogP contribution >= 0.6 is 0 Å². The lowest BCUT2D eigenvalue weighted by Gasteiger charge is -2.02. The highest BCUT2D eigenvalue weighted by Crippen LogP contribution is 2.08. The van der Waals surface area contributed by atoms with Crippen LogP contribution in [-0.2, 0) is 4.74 Å². The summed E-state index contributed by atoms with van der Waals surface area (Å²) in [5.41, 5.74) is 0.702. The third-order valence-corrected chi connectivity index (χ3v) is 2.75. The summed E-state index contributed by atoms with van der Waals surface area (Å²) in [4.78, 5) is 11.8. The minimum atomic E-state index is -0.370. The second-order valence-corrected chi connectivity index (χ2v) is 4.33. The first-order chi connectivity index (χ1) is 10.2. The van der Waals surface area contributed by atoms with Crippen molar-refractivity contribution in [3.63, 3.8) is 0 Å². The van der Waals surface area contributed by atoms with E-state index in [0.717, 1.165) is 6.42 Å². The third-order valence-electron chi connectivity index (χ3n) is 2.75. The predicted octanol–water partition coefficient (Wildman–Crippen LogP) is 1.56. The average molecular weight is 292 g/mol. The summed E-state index contributed by atoms with van der Waals surface area (Å²) in [6.45, 7) is 3.69. The van der Waals surface area contributed by atoms with Crippen LogP contribution < -0.4 is 5.32 Å². The number of halogens is 1. The van der Waals surface area contributed by atoms with E-state index in [-0.39, 0.29) is 17.4 Å². The van der Waals surface area contributed by atoms with Gasteiger partial charge in [0, 0.05) is 19.8 Å². The second-order valence-electron chi connectivity index (χ2n) is 4.33. The molecule has 1 N–H and O–H groups in total. The molecule has 6 nitrogen and oxygen atoms in total. The Hall–Kier alpha value is -2.28. The van der Waals surface area contributed by atoms with Gasteiger partial charge in [0.25, 0.3) is 5.91 Å². The van der Waals surface area contributed by atoms with Gasteiger partial charge in [0.1, 0.15) is 5.82 Å². The van der Waals surface area contributed by atoms with Crippen LogP contribution in [0.5, 0.6) is 0 Å². The van der Waals surface area contributed by atoms with Crippen molar-refractivity contribution >= 4 is 5.91 Å². The van der Waals surface area contributed by atoms with Gasteiger partial charge in [-0.15, -0.1) is 5.10 Å². The number of aromatic nitrogens is 3. The quantitative estimate of drug-likeness (QED) is 0.786. The van der Waals surface area contributed by atoms with E-state index in [0.29, 0.717) is 25.4 Å². The molecular weight excluding hydrogens is 275 g/mol. The molecule has 0 aliphatic rings. The van der Waals surface area contributed by atoms with Gasteiger partial charge < -0.3 is 10.1 Å². The van der Waals surface area contributed by atoms with Crippen LogP contribution in [0, 0.1) is 5.82 Å².